The van der Waals surface area contributed by atoms with Gasteiger partial charge >= 0.3 is 0 Å². The van der Waals surface area contributed by atoms with Gasteiger partial charge in [-0.15, -0.1) is 22.6 Å². The fourth-order valence-corrected chi connectivity index (χ4v) is 3.98. The second kappa shape index (κ2) is 8.97. The predicted molar refractivity (Wildman–Crippen MR) is 112 cm³/mol. The lowest BCUT2D eigenvalue weighted by molar-refractivity contribution is 0.0923. The van der Waals surface area contributed by atoms with Crippen molar-refractivity contribution in [3.05, 3.63) is 52.8 Å². The van der Waals surface area contributed by atoms with E-state index >= 15 is 0 Å². The number of nitrogens with zero attached hydrogens (tertiary/aromatic N) is 4. The molecule has 0 radical (unpaired) electrons. The average Bonchev–Trinajstić information content (AvgIpc) is 3.28. The summed E-state index contributed by atoms with van der Waals surface area (Å²) in [7, 11) is 1.90. The molecule has 154 valence electrons. The molecule has 3 aromatic rings. The highest BCUT2D eigenvalue weighted by atomic mass is 35.5. The van der Waals surface area contributed by atoms with E-state index < -0.39 is 0 Å². The molecule has 0 saturated heterocycles. The molecular formula is C20H23Cl2N5O2. The molecule has 1 N–H and O–H groups in total. The van der Waals surface area contributed by atoms with Crippen molar-refractivity contribution in [3.63, 3.8) is 0 Å². The van der Waals surface area contributed by atoms with Gasteiger partial charge in [0.05, 0.1) is 12.0 Å². The van der Waals surface area contributed by atoms with Crippen LogP contribution in [0.3, 0.4) is 0 Å². The van der Waals surface area contributed by atoms with E-state index in [0.29, 0.717) is 22.4 Å². The zero-order valence-electron chi connectivity index (χ0n) is 16.3. The number of imidazole rings is 1. The molecule has 0 spiro atoms. The van der Waals surface area contributed by atoms with Gasteiger partial charge in [-0.05, 0) is 44.4 Å². The molecule has 2 heterocycles. The van der Waals surface area contributed by atoms with Crippen molar-refractivity contribution in [1.82, 2.24) is 25.1 Å². The van der Waals surface area contributed by atoms with E-state index in [9.17, 15) is 4.79 Å². The Kier molecular flexibility index (Phi) is 6.59. The summed E-state index contributed by atoms with van der Waals surface area (Å²) in [5.74, 6) is 1.13. The van der Waals surface area contributed by atoms with E-state index in [-0.39, 0.29) is 30.3 Å². The molecule has 2 aromatic heterocycles. The maximum absolute atomic E-state index is 12.5. The summed E-state index contributed by atoms with van der Waals surface area (Å²) in [6, 6.07) is 7.05. The first-order valence-corrected chi connectivity index (χ1v) is 9.77. The molecule has 0 bridgehead atoms. The van der Waals surface area contributed by atoms with Gasteiger partial charge in [0.2, 0.25) is 5.89 Å². The Bertz CT molecular complexity index is 981. The number of aromatic nitrogens is 4. The van der Waals surface area contributed by atoms with E-state index in [0.717, 1.165) is 37.1 Å². The highest BCUT2D eigenvalue weighted by molar-refractivity contribution is 6.30. The summed E-state index contributed by atoms with van der Waals surface area (Å²) in [5, 5.41) is 12.2. The number of amides is 1. The minimum Gasteiger partial charge on any atom is -0.419 e. The van der Waals surface area contributed by atoms with Crippen molar-refractivity contribution in [2.45, 2.75) is 44.6 Å². The largest absolute Gasteiger partial charge is 0.419 e. The van der Waals surface area contributed by atoms with E-state index in [4.69, 9.17) is 16.0 Å². The zero-order chi connectivity index (χ0) is 19.7. The quantitative estimate of drug-likeness (QED) is 0.659. The Hall–Kier alpha value is -2.38. The minimum atomic E-state index is -0.107. The van der Waals surface area contributed by atoms with Crippen molar-refractivity contribution in [2.24, 2.45) is 7.05 Å². The summed E-state index contributed by atoms with van der Waals surface area (Å²) in [6.45, 7) is 1.92. The van der Waals surface area contributed by atoms with Crippen LogP contribution in [0.5, 0.6) is 0 Å². The predicted octanol–water partition coefficient (Wildman–Crippen LogP) is 4.31. The highest BCUT2D eigenvalue weighted by Crippen LogP contribution is 2.34. The SMILES string of the molecule is Cc1ncn(C)c1-c1nnc([C@@H]2CCC[C@H](NC(=O)c3cccc(Cl)c3)C2)o1.Cl. The maximum atomic E-state index is 12.5. The first-order chi connectivity index (χ1) is 13.5. The fourth-order valence-electron chi connectivity index (χ4n) is 3.79. The molecule has 1 fully saturated rings. The van der Waals surface area contributed by atoms with Crippen LogP contribution < -0.4 is 5.32 Å². The van der Waals surface area contributed by atoms with Crippen molar-refractivity contribution in [2.75, 3.05) is 0 Å². The molecule has 0 aliphatic heterocycles. The first kappa shape index (κ1) is 21.3. The number of halogens is 2. The third-order valence-electron chi connectivity index (χ3n) is 5.21. The lowest BCUT2D eigenvalue weighted by atomic mass is 9.85. The molecule has 1 saturated carbocycles. The van der Waals surface area contributed by atoms with Gasteiger partial charge in [-0.2, -0.15) is 0 Å². The van der Waals surface area contributed by atoms with Crippen molar-refractivity contribution < 1.29 is 9.21 Å². The summed E-state index contributed by atoms with van der Waals surface area (Å²) in [5.41, 5.74) is 2.26. The number of aryl methyl sites for hydroxylation is 2. The van der Waals surface area contributed by atoms with E-state index in [1.54, 1.807) is 30.6 Å². The topological polar surface area (TPSA) is 85.8 Å². The number of hydrogen-bond acceptors (Lipinski definition) is 5. The Morgan fingerprint density at radius 1 is 1.31 bits per heavy atom. The van der Waals surface area contributed by atoms with Gasteiger partial charge < -0.3 is 14.3 Å². The van der Waals surface area contributed by atoms with Crippen LogP contribution in [-0.2, 0) is 7.05 Å². The Balaban J connectivity index is 0.00000240. The molecule has 4 rings (SSSR count). The smallest absolute Gasteiger partial charge is 0.266 e. The van der Waals surface area contributed by atoms with E-state index in [2.05, 4.69) is 20.5 Å². The van der Waals surface area contributed by atoms with Gasteiger partial charge in [0.1, 0.15) is 5.69 Å². The molecular weight excluding hydrogens is 413 g/mol. The fraction of sp³-hybridized carbons (Fsp3) is 0.400. The monoisotopic (exact) mass is 435 g/mol. The lowest BCUT2D eigenvalue weighted by Gasteiger charge is -2.27. The van der Waals surface area contributed by atoms with Crippen LogP contribution in [0.15, 0.2) is 35.0 Å². The molecule has 9 heteroatoms. The van der Waals surface area contributed by atoms with Gasteiger partial charge in [-0.1, -0.05) is 24.1 Å². The number of carbonyl (C=O) groups excluding carboxylic acids is 1. The van der Waals surface area contributed by atoms with Gasteiger partial charge in [0.25, 0.3) is 11.8 Å². The Morgan fingerprint density at radius 2 is 2.14 bits per heavy atom. The standard InChI is InChI=1S/C20H22ClN5O2.ClH/c1-12-17(26(2)11-22-12)20-25-24-19(28-20)14-6-4-8-16(10-14)23-18(27)13-5-3-7-15(21)9-13;/h3,5,7,9,11,14,16H,4,6,8,10H2,1-2H3,(H,23,27);1H/t14-,16+;/m1./s1. The van der Waals surface area contributed by atoms with Crippen LogP contribution in [-0.4, -0.2) is 31.7 Å². The van der Waals surface area contributed by atoms with Crippen LogP contribution in [0, 0.1) is 6.92 Å². The summed E-state index contributed by atoms with van der Waals surface area (Å²) >= 11 is 5.99. The minimum absolute atomic E-state index is 0. The molecule has 1 aromatic carbocycles. The molecule has 7 nitrogen and oxygen atoms in total. The van der Waals surface area contributed by atoms with E-state index in [1.807, 2.05) is 18.5 Å². The number of carbonyl (C=O) groups is 1. The average molecular weight is 436 g/mol. The second-order valence-corrected chi connectivity index (χ2v) is 7.72. The number of hydrogen-bond donors (Lipinski definition) is 1. The number of benzene rings is 1. The van der Waals surface area contributed by atoms with Crippen LogP contribution in [0.4, 0.5) is 0 Å². The van der Waals surface area contributed by atoms with Gasteiger partial charge in [0.15, 0.2) is 0 Å². The lowest BCUT2D eigenvalue weighted by Crippen LogP contribution is -2.38. The molecule has 1 aliphatic rings. The highest BCUT2D eigenvalue weighted by Gasteiger charge is 2.29. The molecule has 29 heavy (non-hydrogen) atoms. The molecule has 0 unspecified atom stereocenters. The number of nitrogens with one attached hydrogen (secondary N) is 1. The molecule has 1 amide bonds. The zero-order valence-corrected chi connectivity index (χ0v) is 17.8. The third-order valence-corrected chi connectivity index (χ3v) is 5.44. The number of rotatable bonds is 4. The summed E-state index contributed by atoms with van der Waals surface area (Å²) in [6.07, 6.45) is 5.41. The summed E-state index contributed by atoms with van der Waals surface area (Å²) < 4.78 is 7.85. The normalized spacial score (nSPS) is 18.9. The second-order valence-electron chi connectivity index (χ2n) is 7.28. The van der Waals surface area contributed by atoms with Gasteiger partial charge in [-0.25, -0.2) is 4.98 Å². The summed E-state index contributed by atoms with van der Waals surface area (Å²) in [4.78, 5) is 16.8. The Morgan fingerprint density at radius 3 is 2.86 bits per heavy atom. The van der Waals surface area contributed by atoms with Crippen molar-refractivity contribution >= 4 is 29.9 Å². The van der Waals surface area contributed by atoms with Crippen LogP contribution in [0.2, 0.25) is 5.02 Å². The van der Waals surface area contributed by atoms with Crippen LogP contribution in [0.1, 0.15) is 53.5 Å². The Labute approximate surface area is 180 Å². The first-order valence-electron chi connectivity index (χ1n) is 9.39. The molecule has 1 aliphatic carbocycles. The van der Waals surface area contributed by atoms with Crippen LogP contribution >= 0.6 is 24.0 Å². The van der Waals surface area contributed by atoms with Crippen molar-refractivity contribution in [3.8, 4) is 11.6 Å². The van der Waals surface area contributed by atoms with E-state index in [1.165, 1.54) is 0 Å². The van der Waals surface area contributed by atoms with Crippen LogP contribution in [0.25, 0.3) is 11.6 Å². The third kappa shape index (κ3) is 4.62. The van der Waals surface area contributed by atoms with Crippen molar-refractivity contribution in [1.29, 1.82) is 0 Å². The maximum Gasteiger partial charge on any atom is 0.266 e. The molecule has 2 atom stereocenters. The van der Waals surface area contributed by atoms with Gasteiger partial charge in [-0.3, -0.25) is 4.79 Å². The van der Waals surface area contributed by atoms with Gasteiger partial charge in [0, 0.05) is 29.6 Å².